The molecule has 1 aliphatic rings. The Bertz CT molecular complexity index is 1430. The third-order valence-electron chi connectivity index (χ3n) is 7.57. The fourth-order valence-corrected chi connectivity index (χ4v) is 5.83. The molecule has 0 saturated carbocycles. The normalized spacial score (nSPS) is 17.2. The van der Waals surface area contributed by atoms with Gasteiger partial charge in [0.1, 0.15) is 22.8 Å². The molecular weight excluding hydrogens is 524 g/mol. The molecule has 218 valence electrons. The maximum atomic E-state index is 12.6. The fourth-order valence-electron chi connectivity index (χ4n) is 5.83. The van der Waals surface area contributed by atoms with Crippen LogP contribution in [0.3, 0.4) is 0 Å². The first kappa shape index (κ1) is 29.4. The minimum absolute atomic E-state index is 0.0511. The highest BCUT2D eigenvalue weighted by Crippen LogP contribution is 2.38. The van der Waals surface area contributed by atoms with E-state index in [4.69, 9.17) is 16.2 Å². The first-order valence-corrected chi connectivity index (χ1v) is 13.6. The molecule has 4 rings (SSSR count). The second-order valence-electron chi connectivity index (χ2n) is 11.4. The van der Waals surface area contributed by atoms with Gasteiger partial charge < -0.3 is 31.5 Å². The van der Waals surface area contributed by atoms with Crippen molar-refractivity contribution < 1.29 is 24.2 Å². The average molecular weight is 563 g/mol. The number of carboxylic acid groups (broad SMARTS) is 1. The van der Waals surface area contributed by atoms with Crippen LogP contribution >= 0.6 is 0 Å². The second kappa shape index (κ2) is 11.9. The molecule has 1 saturated heterocycles. The Kier molecular flexibility index (Phi) is 8.55. The zero-order valence-electron chi connectivity index (χ0n) is 23.9. The van der Waals surface area contributed by atoms with Gasteiger partial charge in [0, 0.05) is 31.2 Å². The zero-order valence-corrected chi connectivity index (χ0v) is 23.9. The number of aromatic nitrogens is 2. The fraction of sp³-hybridized carbons (Fsp3) is 0.400. The van der Waals surface area contributed by atoms with Crippen molar-refractivity contribution in [3.05, 3.63) is 65.2 Å². The van der Waals surface area contributed by atoms with E-state index in [0.29, 0.717) is 35.7 Å². The third kappa shape index (κ3) is 6.29. The van der Waals surface area contributed by atoms with Gasteiger partial charge in [-0.25, -0.2) is 9.48 Å². The number of primary amides is 1. The third-order valence-corrected chi connectivity index (χ3v) is 7.57. The van der Waals surface area contributed by atoms with E-state index in [-0.39, 0.29) is 41.2 Å². The highest BCUT2D eigenvalue weighted by atomic mass is 16.5. The van der Waals surface area contributed by atoms with E-state index < -0.39 is 12.0 Å². The lowest BCUT2D eigenvalue weighted by molar-refractivity contribution is 0.0163. The monoisotopic (exact) mass is 562 g/mol. The van der Waals surface area contributed by atoms with Gasteiger partial charge in [0.25, 0.3) is 11.8 Å². The van der Waals surface area contributed by atoms with Crippen molar-refractivity contribution in [1.82, 2.24) is 20.0 Å². The number of nitrogen functional groups attached to an aromatic ring is 1. The minimum Gasteiger partial charge on any atom is -0.496 e. The Morgan fingerprint density at radius 1 is 1.12 bits per heavy atom. The molecule has 3 amide bonds. The first-order chi connectivity index (χ1) is 19.4. The molecule has 0 bridgehead atoms. The summed E-state index contributed by atoms with van der Waals surface area (Å²) in [5, 5.41) is 17.4. The number of hydrogen-bond acceptors (Lipinski definition) is 6. The van der Waals surface area contributed by atoms with E-state index in [1.54, 1.807) is 41.1 Å². The number of methoxy groups -OCH3 is 1. The average Bonchev–Trinajstić information content (AvgIpc) is 3.26. The lowest BCUT2D eigenvalue weighted by atomic mass is 9.74. The molecule has 1 fully saturated rings. The molecule has 41 heavy (non-hydrogen) atoms. The van der Waals surface area contributed by atoms with Gasteiger partial charge in [-0.05, 0) is 41.9 Å². The largest absolute Gasteiger partial charge is 0.496 e. The summed E-state index contributed by atoms with van der Waals surface area (Å²) >= 11 is 0. The van der Waals surface area contributed by atoms with E-state index in [1.807, 2.05) is 32.9 Å². The van der Waals surface area contributed by atoms with Crippen LogP contribution in [-0.4, -0.2) is 57.4 Å². The lowest BCUT2D eigenvalue weighted by Gasteiger charge is -2.46. The number of likely N-dealkylation sites (tertiary alicyclic amines) is 1. The number of carbonyl (C=O) groups excluding carboxylic acids is 2. The van der Waals surface area contributed by atoms with Gasteiger partial charge in [0.2, 0.25) is 0 Å². The van der Waals surface area contributed by atoms with Crippen molar-refractivity contribution in [2.24, 2.45) is 17.1 Å². The van der Waals surface area contributed by atoms with Crippen molar-refractivity contribution >= 4 is 23.7 Å². The van der Waals surface area contributed by atoms with Gasteiger partial charge in [-0.1, -0.05) is 57.2 Å². The summed E-state index contributed by atoms with van der Waals surface area (Å²) in [7, 11) is 1.52. The summed E-state index contributed by atoms with van der Waals surface area (Å²) in [6.45, 7) is 7.19. The van der Waals surface area contributed by atoms with Crippen LogP contribution in [0.25, 0.3) is 11.3 Å². The van der Waals surface area contributed by atoms with Crippen LogP contribution < -0.4 is 21.5 Å². The molecule has 1 unspecified atom stereocenters. The highest BCUT2D eigenvalue weighted by Gasteiger charge is 2.42. The Hall–Kier alpha value is -4.54. The number of para-hydroxylation sites is 1. The Morgan fingerprint density at radius 2 is 1.80 bits per heavy atom. The molecule has 1 aromatic heterocycles. The van der Waals surface area contributed by atoms with E-state index in [0.717, 1.165) is 18.4 Å². The minimum atomic E-state index is -0.944. The van der Waals surface area contributed by atoms with Crippen LogP contribution in [0.2, 0.25) is 0 Å². The van der Waals surface area contributed by atoms with Crippen molar-refractivity contribution in [2.75, 3.05) is 19.4 Å². The Balaban J connectivity index is 1.55. The maximum Gasteiger partial charge on any atom is 0.407 e. The van der Waals surface area contributed by atoms with E-state index in [1.165, 1.54) is 12.0 Å². The van der Waals surface area contributed by atoms with Crippen LogP contribution in [-0.2, 0) is 13.1 Å². The topological polar surface area (TPSA) is 166 Å². The van der Waals surface area contributed by atoms with Crippen LogP contribution in [0.1, 0.15) is 59.9 Å². The predicted molar refractivity (Wildman–Crippen MR) is 155 cm³/mol. The van der Waals surface area contributed by atoms with Gasteiger partial charge in [-0.2, -0.15) is 5.10 Å². The predicted octanol–water partition coefficient (Wildman–Crippen LogP) is 3.97. The number of ether oxygens (including phenoxy) is 1. The molecule has 2 atom stereocenters. The molecule has 2 heterocycles. The number of nitrogens with zero attached hydrogens (tertiary/aromatic N) is 3. The van der Waals surface area contributed by atoms with E-state index in [9.17, 15) is 19.5 Å². The van der Waals surface area contributed by atoms with Crippen LogP contribution in [0.15, 0.2) is 48.5 Å². The lowest BCUT2D eigenvalue weighted by Crippen LogP contribution is -2.55. The number of nitrogens with two attached hydrogens (primary N) is 2. The maximum absolute atomic E-state index is 12.6. The molecule has 6 N–H and O–H groups in total. The van der Waals surface area contributed by atoms with Crippen molar-refractivity contribution in [3.8, 4) is 17.0 Å². The van der Waals surface area contributed by atoms with Crippen LogP contribution in [0, 0.1) is 11.3 Å². The summed E-state index contributed by atoms with van der Waals surface area (Å²) in [5.74, 6) is -0.359. The molecule has 0 spiro atoms. The first-order valence-electron chi connectivity index (χ1n) is 13.6. The summed E-state index contributed by atoms with van der Waals surface area (Å²) in [4.78, 5) is 38.6. The second-order valence-corrected chi connectivity index (χ2v) is 11.4. The number of benzene rings is 2. The molecule has 0 radical (unpaired) electrons. The Labute approximate surface area is 239 Å². The van der Waals surface area contributed by atoms with E-state index >= 15 is 0 Å². The van der Waals surface area contributed by atoms with Crippen LogP contribution in [0.4, 0.5) is 10.6 Å². The number of hydrogen-bond donors (Lipinski definition) is 4. The number of rotatable bonds is 8. The number of piperidine rings is 1. The summed E-state index contributed by atoms with van der Waals surface area (Å²) in [6.07, 6.45) is 0.595. The van der Waals surface area contributed by atoms with Gasteiger partial charge in [0.05, 0.1) is 12.7 Å². The van der Waals surface area contributed by atoms with Crippen LogP contribution in [0.5, 0.6) is 5.75 Å². The van der Waals surface area contributed by atoms with Gasteiger partial charge >= 0.3 is 6.09 Å². The smallest absolute Gasteiger partial charge is 0.407 e. The summed E-state index contributed by atoms with van der Waals surface area (Å²) in [6, 6.07) is 14.0. The highest BCUT2D eigenvalue weighted by molar-refractivity contribution is 6.03. The van der Waals surface area contributed by atoms with E-state index in [2.05, 4.69) is 10.4 Å². The molecule has 0 aliphatic carbocycles. The molecular formula is C30H38N6O5. The number of anilines is 1. The zero-order chi connectivity index (χ0) is 29.9. The number of amides is 3. The molecule has 3 aromatic rings. The molecule has 11 heteroatoms. The SMILES string of the molecule is COc1ccccc1C(=O)NCc1ccc(-c2nn(C[C@H]3CCCN(C(=O)O)C3C(C)(C)C)c(N)c2C(N)=O)cc1. The van der Waals surface area contributed by atoms with Gasteiger partial charge in [0.15, 0.2) is 0 Å². The number of nitrogens with one attached hydrogen (secondary N) is 1. The molecule has 2 aromatic carbocycles. The molecule has 11 nitrogen and oxygen atoms in total. The van der Waals surface area contributed by atoms with Crippen molar-refractivity contribution in [3.63, 3.8) is 0 Å². The van der Waals surface area contributed by atoms with Gasteiger partial charge in [-0.3, -0.25) is 9.59 Å². The Morgan fingerprint density at radius 3 is 2.41 bits per heavy atom. The van der Waals surface area contributed by atoms with Gasteiger partial charge in [-0.15, -0.1) is 0 Å². The number of carbonyl (C=O) groups is 3. The quantitative estimate of drug-likeness (QED) is 0.322. The summed E-state index contributed by atoms with van der Waals surface area (Å²) in [5.41, 5.74) is 14.2. The molecule has 1 aliphatic heterocycles. The van der Waals surface area contributed by atoms with Crippen molar-refractivity contribution in [1.29, 1.82) is 0 Å². The standard InChI is InChI=1S/C30H38N6O5/c1-30(2,3)25-20(8-7-15-35(25)29(39)40)17-36-26(31)23(27(32)37)24(34-36)19-13-11-18(12-14-19)16-33-28(38)21-9-5-6-10-22(21)41-4/h5-6,9-14,20,25H,7-8,15-17,31H2,1-4H3,(H2,32,37)(H,33,38)(H,39,40)/t20-,25?/m1/s1. The van der Waals surface area contributed by atoms with Crippen molar-refractivity contribution in [2.45, 2.75) is 52.7 Å². The summed E-state index contributed by atoms with van der Waals surface area (Å²) < 4.78 is 6.84.